The molecule has 0 saturated heterocycles. The number of aryl methyl sites for hydroxylation is 2. The highest BCUT2D eigenvalue weighted by Gasteiger charge is 2.13. The highest BCUT2D eigenvalue weighted by molar-refractivity contribution is 7.12. The van der Waals surface area contributed by atoms with Crippen molar-refractivity contribution in [2.45, 2.75) is 40.2 Å². The maximum Gasteiger partial charge on any atom is 0.142 e. The molecule has 1 unspecified atom stereocenters. The Morgan fingerprint density at radius 1 is 1.29 bits per heavy atom. The van der Waals surface area contributed by atoms with Crippen LogP contribution >= 0.6 is 22.9 Å². The number of hydrogen-bond acceptors (Lipinski definition) is 3. The van der Waals surface area contributed by atoms with E-state index in [9.17, 15) is 0 Å². The first kappa shape index (κ1) is 16.2. The van der Waals surface area contributed by atoms with Gasteiger partial charge in [0, 0.05) is 20.8 Å². The summed E-state index contributed by atoms with van der Waals surface area (Å²) in [5.41, 5.74) is 2.28. The van der Waals surface area contributed by atoms with Gasteiger partial charge in [-0.3, -0.25) is 0 Å². The highest BCUT2D eigenvalue weighted by atomic mass is 35.5. The molecule has 1 N–H and O–H groups in total. The lowest BCUT2D eigenvalue weighted by atomic mass is 10.1. The lowest BCUT2D eigenvalue weighted by Gasteiger charge is -2.19. The van der Waals surface area contributed by atoms with Gasteiger partial charge in [0.1, 0.15) is 5.75 Å². The van der Waals surface area contributed by atoms with Crippen LogP contribution in [0.4, 0.5) is 5.69 Å². The number of thiophene rings is 1. The smallest absolute Gasteiger partial charge is 0.142 e. The van der Waals surface area contributed by atoms with Gasteiger partial charge in [-0.15, -0.1) is 11.3 Å². The van der Waals surface area contributed by atoms with Crippen molar-refractivity contribution in [1.82, 2.24) is 0 Å². The van der Waals surface area contributed by atoms with Gasteiger partial charge in [0.2, 0.25) is 0 Å². The van der Waals surface area contributed by atoms with Crippen molar-refractivity contribution in [1.29, 1.82) is 0 Å². The third kappa shape index (κ3) is 4.14. The Labute approximate surface area is 136 Å². The van der Waals surface area contributed by atoms with Gasteiger partial charge in [0.05, 0.1) is 12.3 Å². The van der Waals surface area contributed by atoms with E-state index in [0.29, 0.717) is 11.6 Å². The van der Waals surface area contributed by atoms with Crippen molar-refractivity contribution >= 4 is 28.6 Å². The van der Waals surface area contributed by atoms with Crippen molar-refractivity contribution in [2.24, 2.45) is 0 Å². The van der Waals surface area contributed by atoms with Crippen LogP contribution in [0.2, 0.25) is 5.02 Å². The van der Waals surface area contributed by atoms with E-state index in [4.69, 9.17) is 16.3 Å². The van der Waals surface area contributed by atoms with Crippen LogP contribution in [0.1, 0.15) is 41.6 Å². The second kappa shape index (κ2) is 7.19. The van der Waals surface area contributed by atoms with Gasteiger partial charge in [-0.25, -0.2) is 0 Å². The number of hydrogen-bond donors (Lipinski definition) is 1. The Hall–Kier alpha value is -1.19. The van der Waals surface area contributed by atoms with Crippen LogP contribution < -0.4 is 10.1 Å². The molecule has 2 aromatic rings. The van der Waals surface area contributed by atoms with E-state index in [1.54, 1.807) is 0 Å². The minimum atomic E-state index is 0.220. The number of halogens is 1. The summed E-state index contributed by atoms with van der Waals surface area (Å²) in [7, 11) is 0. The molecule has 21 heavy (non-hydrogen) atoms. The van der Waals surface area contributed by atoms with Gasteiger partial charge in [0.15, 0.2) is 0 Å². The largest absolute Gasteiger partial charge is 0.491 e. The molecule has 2 nitrogen and oxygen atoms in total. The molecule has 114 valence electrons. The van der Waals surface area contributed by atoms with Crippen LogP contribution in [0.15, 0.2) is 24.3 Å². The molecule has 1 aromatic heterocycles. The SMILES string of the molecule is CCCOc1ccc(Cl)cc1NC(C)c1cc(C)sc1C. The predicted molar refractivity (Wildman–Crippen MR) is 93.1 cm³/mol. The van der Waals surface area contributed by atoms with Crippen LogP contribution in [0, 0.1) is 13.8 Å². The van der Waals surface area contributed by atoms with E-state index in [0.717, 1.165) is 17.9 Å². The van der Waals surface area contributed by atoms with Crippen LogP contribution in [0.5, 0.6) is 5.75 Å². The fourth-order valence-electron chi connectivity index (χ4n) is 2.34. The monoisotopic (exact) mass is 323 g/mol. The van der Waals surface area contributed by atoms with Gasteiger partial charge in [-0.05, 0) is 57.0 Å². The Bertz CT molecular complexity index is 609. The maximum atomic E-state index is 6.12. The third-order valence-corrected chi connectivity index (χ3v) is 4.54. The number of rotatable bonds is 6. The summed E-state index contributed by atoms with van der Waals surface area (Å²) in [6.45, 7) is 9.28. The molecule has 1 atom stereocenters. The molecule has 0 bridgehead atoms. The van der Waals surface area contributed by atoms with E-state index in [-0.39, 0.29) is 6.04 Å². The Kier molecular flexibility index (Phi) is 5.54. The molecule has 0 radical (unpaired) electrons. The van der Waals surface area contributed by atoms with E-state index in [1.807, 2.05) is 29.5 Å². The molecule has 0 aliphatic carbocycles. The zero-order valence-electron chi connectivity index (χ0n) is 13.0. The molecule has 0 amide bonds. The van der Waals surface area contributed by atoms with Crippen LogP contribution in [0.3, 0.4) is 0 Å². The van der Waals surface area contributed by atoms with Crippen molar-refractivity contribution in [3.05, 3.63) is 44.6 Å². The van der Waals surface area contributed by atoms with E-state index >= 15 is 0 Å². The summed E-state index contributed by atoms with van der Waals surface area (Å²) in [5, 5.41) is 4.24. The summed E-state index contributed by atoms with van der Waals surface area (Å²) in [4.78, 5) is 2.69. The molecule has 1 heterocycles. The Balaban J connectivity index is 2.21. The van der Waals surface area contributed by atoms with Crippen molar-refractivity contribution in [3.8, 4) is 5.75 Å². The molecular weight excluding hydrogens is 302 g/mol. The second-order valence-electron chi connectivity index (χ2n) is 5.22. The van der Waals surface area contributed by atoms with Crippen LogP contribution in [-0.4, -0.2) is 6.61 Å². The number of anilines is 1. The van der Waals surface area contributed by atoms with Gasteiger partial charge >= 0.3 is 0 Å². The second-order valence-corrected chi connectivity index (χ2v) is 7.12. The normalized spacial score (nSPS) is 12.2. The lowest BCUT2D eigenvalue weighted by Crippen LogP contribution is -2.08. The predicted octanol–water partition coefficient (Wildman–Crippen LogP) is 5.98. The van der Waals surface area contributed by atoms with Gasteiger partial charge in [-0.1, -0.05) is 18.5 Å². The molecule has 0 fully saturated rings. The van der Waals surface area contributed by atoms with E-state index in [2.05, 4.69) is 39.1 Å². The molecular formula is C17H22ClNOS. The third-order valence-electron chi connectivity index (χ3n) is 3.32. The zero-order chi connectivity index (χ0) is 15.4. The molecule has 2 rings (SSSR count). The van der Waals surface area contributed by atoms with Crippen LogP contribution in [0.25, 0.3) is 0 Å². The van der Waals surface area contributed by atoms with Crippen molar-refractivity contribution in [2.75, 3.05) is 11.9 Å². The average molecular weight is 324 g/mol. The van der Waals surface area contributed by atoms with Gasteiger partial charge in [0.25, 0.3) is 0 Å². The summed E-state index contributed by atoms with van der Waals surface area (Å²) in [5.74, 6) is 0.859. The first-order valence-corrected chi connectivity index (χ1v) is 8.46. The summed E-state index contributed by atoms with van der Waals surface area (Å²) < 4.78 is 5.79. The number of benzene rings is 1. The quantitative estimate of drug-likeness (QED) is 0.706. The van der Waals surface area contributed by atoms with E-state index < -0.39 is 0 Å². The van der Waals surface area contributed by atoms with Gasteiger partial charge in [-0.2, -0.15) is 0 Å². The Morgan fingerprint density at radius 3 is 2.67 bits per heavy atom. The minimum absolute atomic E-state index is 0.220. The maximum absolute atomic E-state index is 6.12. The lowest BCUT2D eigenvalue weighted by molar-refractivity contribution is 0.318. The molecule has 0 spiro atoms. The van der Waals surface area contributed by atoms with Crippen molar-refractivity contribution < 1.29 is 4.74 Å². The number of nitrogens with one attached hydrogen (secondary N) is 1. The highest BCUT2D eigenvalue weighted by Crippen LogP contribution is 2.33. The standard InChI is InChI=1S/C17H22ClNOS/c1-5-8-20-17-7-6-14(18)10-16(17)19-12(3)15-9-11(2)21-13(15)4/h6-7,9-10,12,19H,5,8H2,1-4H3. The Morgan fingerprint density at radius 2 is 2.05 bits per heavy atom. The first-order chi connectivity index (χ1) is 10.0. The molecule has 0 aliphatic heterocycles. The number of ether oxygens (including phenoxy) is 1. The summed E-state index contributed by atoms with van der Waals surface area (Å²) in [6.07, 6.45) is 0.987. The molecule has 0 saturated carbocycles. The summed E-state index contributed by atoms with van der Waals surface area (Å²) >= 11 is 7.95. The first-order valence-electron chi connectivity index (χ1n) is 7.27. The molecule has 0 aliphatic rings. The van der Waals surface area contributed by atoms with E-state index in [1.165, 1.54) is 15.3 Å². The topological polar surface area (TPSA) is 21.3 Å². The van der Waals surface area contributed by atoms with Crippen LogP contribution in [-0.2, 0) is 0 Å². The zero-order valence-corrected chi connectivity index (χ0v) is 14.6. The minimum Gasteiger partial charge on any atom is -0.491 e. The summed E-state index contributed by atoms with van der Waals surface area (Å²) in [6, 6.07) is 8.19. The van der Waals surface area contributed by atoms with Gasteiger partial charge < -0.3 is 10.1 Å². The fourth-order valence-corrected chi connectivity index (χ4v) is 3.54. The fraction of sp³-hybridized carbons (Fsp3) is 0.412. The van der Waals surface area contributed by atoms with Crippen molar-refractivity contribution in [3.63, 3.8) is 0 Å². The average Bonchev–Trinajstić information content (AvgIpc) is 2.77. The molecule has 1 aromatic carbocycles. The molecule has 4 heteroatoms.